The Morgan fingerprint density at radius 3 is 2.67 bits per heavy atom. The summed E-state index contributed by atoms with van der Waals surface area (Å²) in [6.07, 6.45) is 0.693. The van der Waals surface area contributed by atoms with E-state index in [0.29, 0.717) is 23.8 Å². The van der Waals surface area contributed by atoms with Gasteiger partial charge in [0.2, 0.25) is 0 Å². The average Bonchev–Trinajstić information content (AvgIpc) is 2.65. The van der Waals surface area contributed by atoms with Crippen LogP contribution in [-0.2, 0) is 19.5 Å². The third kappa shape index (κ3) is 3.93. The van der Waals surface area contributed by atoms with Gasteiger partial charge >= 0.3 is 0 Å². The molecule has 2 heterocycles. The molecule has 4 nitrogen and oxygen atoms in total. The van der Waals surface area contributed by atoms with Gasteiger partial charge in [-0.25, -0.2) is 4.98 Å². The number of benzene rings is 2. The van der Waals surface area contributed by atoms with Gasteiger partial charge in [0.05, 0.1) is 5.69 Å². The minimum absolute atomic E-state index is 0.0528. The molecule has 0 atom stereocenters. The third-order valence-corrected chi connectivity index (χ3v) is 5.57. The molecule has 4 rings (SSSR count). The van der Waals surface area contributed by atoms with E-state index in [9.17, 15) is 4.79 Å². The molecular weight excluding hydrogens is 381 g/mol. The Morgan fingerprint density at radius 1 is 1.15 bits per heavy atom. The fraction of sp³-hybridized carbons (Fsp3) is 0.238. The van der Waals surface area contributed by atoms with Gasteiger partial charge in [0.25, 0.3) is 5.56 Å². The van der Waals surface area contributed by atoms with Crippen LogP contribution in [0.15, 0.2) is 47.3 Å². The van der Waals surface area contributed by atoms with Crippen LogP contribution in [0.4, 0.5) is 0 Å². The first-order valence-electron chi connectivity index (χ1n) is 8.85. The Balaban J connectivity index is 1.60. The second-order valence-electron chi connectivity index (χ2n) is 6.89. The molecule has 27 heavy (non-hydrogen) atoms. The smallest absolute Gasteiger partial charge is 0.254 e. The number of rotatable bonds is 3. The van der Waals surface area contributed by atoms with E-state index in [1.165, 1.54) is 0 Å². The zero-order valence-corrected chi connectivity index (χ0v) is 16.4. The number of aromatic amines is 1. The highest BCUT2D eigenvalue weighted by atomic mass is 35.5. The Labute approximate surface area is 167 Å². The van der Waals surface area contributed by atoms with Crippen molar-refractivity contribution in [3.63, 3.8) is 0 Å². The number of fused-ring (bicyclic) bond motifs is 1. The van der Waals surface area contributed by atoms with Crippen LogP contribution >= 0.6 is 23.2 Å². The summed E-state index contributed by atoms with van der Waals surface area (Å²) in [5, 5.41) is 1.44. The molecule has 1 aliphatic heterocycles. The molecule has 0 spiro atoms. The molecule has 2 aromatic carbocycles. The Bertz CT molecular complexity index is 1040. The summed E-state index contributed by atoms with van der Waals surface area (Å²) in [6, 6.07) is 13.5. The average molecular weight is 400 g/mol. The van der Waals surface area contributed by atoms with E-state index in [4.69, 9.17) is 28.2 Å². The summed E-state index contributed by atoms with van der Waals surface area (Å²) in [4.78, 5) is 22.4. The van der Waals surface area contributed by atoms with Crippen LogP contribution in [-0.4, -0.2) is 21.4 Å². The third-order valence-electron chi connectivity index (χ3n) is 4.91. The van der Waals surface area contributed by atoms with Gasteiger partial charge in [0, 0.05) is 40.8 Å². The number of H-pyrrole nitrogens is 1. The van der Waals surface area contributed by atoms with Gasteiger partial charge < -0.3 is 4.98 Å². The zero-order valence-electron chi connectivity index (χ0n) is 14.9. The summed E-state index contributed by atoms with van der Waals surface area (Å²) in [5.74, 6) is 0.579. The van der Waals surface area contributed by atoms with E-state index >= 15 is 0 Å². The van der Waals surface area contributed by atoms with Crippen molar-refractivity contribution in [2.75, 3.05) is 6.54 Å². The Morgan fingerprint density at radius 2 is 1.93 bits per heavy atom. The minimum Gasteiger partial charge on any atom is -0.306 e. The maximum atomic E-state index is 12.5. The van der Waals surface area contributed by atoms with Gasteiger partial charge in [-0.05, 0) is 54.8 Å². The first kappa shape index (κ1) is 18.2. The standard InChI is InChI=1S/C21H19Cl2N3O/c1-13-2-3-14(10-18(13)23)11-26-9-8-17-19(12-26)24-20(25-21(17)27)15-4-6-16(22)7-5-15/h2-7,10H,8-9,11-12H2,1H3,(H,24,25,27). The molecule has 0 fully saturated rings. The van der Waals surface area contributed by atoms with Crippen molar-refractivity contribution in [2.45, 2.75) is 26.4 Å². The minimum atomic E-state index is -0.0528. The van der Waals surface area contributed by atoms with Gasteiger partial charge in [-0.2, -0.15) is 0 Å². The maximum Gasteiger partial charge on any atom is 0.254 e. The SMILES string of the molecule is Cc1ccc(CN2CCc3c(nc(-c4ccc(Cl)cc4)[nH]c3=O)C2)cc1Cl. The number of nitrogens with zero attached hydrogens (tertiary/aromatic N) is 2. The molecule has 0 saturated carbocycles. The second kappa shape index (κ2) is 7.47. The molecule has 138 valence electrons. The van der Waals surface area contributed by atoms with Crippen LogP contribution in [0.2, 0.25) is 10.0 Å². The molecule has 1 aromatic heterocycles. The number of nitrogens with one attached hydrogen (secondary N) is 1. The zero-order chi connectivity index (χ0) is 19.0. The summed E-state index contributed by atoms with van der Waals surface area (Å²) >= 11 is 12.2. The summed E-state index contributed by atoms with van der Waals surface area (Å²) in [7, 11) is 0. The van der Waals surface area contributed by atoms with Gasteiger partial charge in [-0.1, -0.05) is 35.3 Å². The van der Waals surface area contributed by atoms with Gasteiger partial charge in [0.1, 0.15) is 5.82 Å². The predicted molar refractivity (Wildman–Crippen MR) is 109 cm³/mol. The molecule has 3 aromatic rings. The van der Waals surface area contributed by atoms with Crippen molar-refractivity contribution in [1.82, 2.24) is 14.9 Å². The number of hydrogen-bond donors (Lipinski definition) is 1. The van der Waals surface area contributed by atoms with Gasteiger partial charge in [-0.3, -0.25) is 9.69 Å². The van der Waals surface area contributed by atoms with E-state index in [2.05, 4.69) is 16.0 Å². The van der Waals surface area contributed by atoms with Crippen molar-refractivity contribution in [3.05, 3.63) is 85.2 Å². The highest BCUT2D eigenvalue weighted by Crippen LogP contribution is 2.23. The molecule has 0 amide bonds. The highest BCUT2D eigenvalue weighted by molar-refractivity contribution is 6.31. The van der Waals surface area contributed by atoms with E-state index in [-0.39, 0.29) is 5.56 Å². The van der Waals surface area contributed by atoms with E-state index in [1.807, 2.05) is 31.2 Å². The lowest BCUT2D eigenvalue weighted by molar-refractivity contribution is 0.240. The molecule has 0 aliphatic carbocycles. The normalized spacial score (nSPS) is 14.2. The van der Waals surface area contributed by atoms with Crippen LogP contribution in [0.3, 0.4) is 0 Å². The topological polar surface area (TPSA) is 49.0 Å². The van der Waals surface area contributed by atoms with Crippen molar-refractivity contribution in [2.24, 2.45) is 0 Å². The van der Waals surface area contributed by atoms with Crippen molar-refractivity contribution in [3.8, 4) is 11.4 Å². The van der Waals surface area contributed by atoms with Crippen LogP contribution < -0.4 is 5.56 Å². The summed E-state index contributed by atoms with van der Waals surface area (Å²) in [6.45, 7) is 4.25. The molecule has 0 bridgehead atoms. The lowest BCUT2D eigenvalue weighted by atomic mass is 10.0. The van der Waals surface area contributed by atoms with Gasteiger partial charge in [0.15, 0.2) is 0 Å². The lowest BCUT2D eigenvalue weighted by Gasteiger charge is -2.28. The Kier molecular flexibility index (Phi) is 5.04. The van der Waals surface area contributed by atoms with Crippen LogP contribution in [0, 0.1) is 6.92 Å². The number of aryl methyl sites for hydroxylation is 1. The van der Waals surface area contributed by atoms with E-state index in [1.54, 1.807) is 12.1 Å². The van der Waals surface area contributed by atoms with Gasteiger partial charge in [-0.15, -0.1) is 0 Å². The second-order valence-corrected chi connectivity index (χ2v) is 7.73. The molecule has 0 unspecified atom stereocenters. The van der Waals surface area contributed by atoms with Crippen LogP contribution in [0.25, 0.3) is 11.4 Å². The molecule has 1 N–H and O–H groups in total. The first-order valence-corrected chi connectivity index (χ1v) is 9.60. The molecule has 0 saturated heterocycles. The Hall–Kier alpha value is -2.14. The molecule has 1 aliphatic rings. The number of hydrogen-bond acceptors (Lipinski definition) is 3. The largest absolute Gasteiger partial charge is 0.306 e. The molecular formula is C21H19Cl2N3O. The first-order chi connectivity index (χ1) is 13.0. The number of halogens is 2. The fourth-order valence-electron chi connectivity index (χ4n) is 3.37. The van der Waals surface area contributed by atoms with Crippen molar-refractivity contribution < 1.29 is 0 Å². The fourth-order valence-corrected chi connectivity index (χ4v) is 3.70. The highest BCUT2D eigenvalue weighted by Gasteiger charge is 2.21. The molecule has 0 radical (unpaired) electrons. The summed E-state index contributed by atoms with van der Waals surface area (Å²) in [5.41, 5.74) is 4.66. The lowest BCUT2D eigenvalue weighted by Crippen LogP contribution is -2.35. The quantitative estimate of drug-likeness (QED) is 0.699. The monoisotopic (exact) mass is 399 g/mol. The maximum absolute atomic E-state index is 12.5. The number of aromatic nitrogens is 2. The van der Waals surface area contributed by atoms with Crippen molar-refractivity contribution >= 4 is 23.2 Å². The van der Waals surface area contributed by atoms with E-state index < -0.39 is 0 Å². The van der Waals surface area contributed by atoms with Crippen molar-refractivity contribution in [1.29, 1.82) is 0 Å². The van der Waals surface area contributed by atoms with Crippen LogP contribution in [0.5, 0.6) is 0 Å². The van der Waals surface area contributed by atoms with E-state index in [0.717, 1.165) is 46.1 Å². The summed E-state index contributed by atoms with van der Waals surface area (Å²) < 4.78 is 0. The van der Waals surface area contributed by atoms with Crippen LogP contribution in [0.1, 0.15) is 22.4 Å². The predicted octanol–water partition coefficient (Wildman–Crippen LogP) is 4.61. The molecule has 6 heteroatoms.